The minimum atomic E-state index is -2.62. The van der Waals surface area contributed by atoms with Crippen LogP contribution in [0.1, 0.15) is 37.6 Å². The molecule has 0 saturated heterocycles. The summed E-state index contributed by atoms with van der Waals surface area (Å²) in [5, 5.41) is 2.89. The van der Waals surface area contributed by atoms with Gasteiger partial charge in [-0.2, -0.15) is 0 Å². The fraction of sp³-hybridized carbons (Fsp3) is 0.529. The summed E-state index contributed by atoms with van der Waals surface area (Å²) in [5.41, 5.74) is 0.244. The minimum Gasteiger partial charge on any atom is -0.340 e. The lowest BCUT2D eigenvalue weighted by molar-refractivity contribution is -0.136. The number of hydrogen-bond donors (Lipinski definition) is 1. The largest absolute Gasteiger partial charge is 0.340 e. The van der Waals surface area contributed by atoms with Crippen molar-refractivity contribution in [3.8, 4) is 0 Å². The lowest BCUT2D eigenvalue weighted by atomic mass is 10.0. The highest BCUT2D eigenvalue weighted by Crippen LogP contribution is 2.16. The second-order valence-electron chi connectivity index (χ2n) is 5.85. The van der Waals surface area contributed by atoms with Gasteiger partial charge in [0, 0.05) is 6.54 Å². The van der Waals surface area contributed by atoms with Crippen LogP contribution in [0.5, 0.6) is 0 Å². The molecule has 0 heterocycles. The molecule has 0 aromatic heterocycles. The van der Waals surface area contributed by atoms with Crippen molar-refractivity contribution in [2.45, 2.75) is 39.7 Å². The van der Waals surface area contributed by atoms with E-state index in [9.17, 15) is 18.4 Å². The molecule has 1 aromatic carbocycles. The fourth-order valence-electron chi connectivity index (χ4n) is 2.30. The Kier molecular flexibility index (Phi) is 8.11. The molecule has 7 heteroatoms. The number of amides is 2. The smallest absolute Gasteiger partial charge is 0.255 e. The third-order valence-electron chi connectivity index (χ3n) is 3.50. The molecule has 0 aliphatic carbocycles. The standard InChI is InChI=1S/C17H23ClF2N2O2/c1-4-9-22(10-14(19)20)17(24)15(11(2)3)21-16(23)12-7-5-6-8-13(12)18/h5-8,11,14-15H,4,9-10H2,1-3H3,(H,21,23). The highest BCUT2D eigenvalue weighted by Gasteiger charge is 2.30. The Morgan fingerprint density at radius 1 is 1.25 bits per heavy atom. The van der Waals surface area contributed by atoms with Crippen LogP contribution in [0.3, 0.4) is 0 Å². The van der Waals surface area contributed by atoms with Crippen molar-refractivity contribution < 1.29 is 18.4 Å². The van der Waals surface area contributed by atoms with Gasteiger partial charge in [-0.25, -0.2) is 8.78 Å². The van der Waals surface area contributed by atoms with Crippen molar-refractivity contribution >= 4 is 23.4 Å². The van der Waals surface area contributed by atoms with Gasteiger partial charge in [0.05, 0.1) is 17.1 Å². The normalized spacial score (nSPS) is 12.3. The van der Waals surface area contributed by atoms with Gasteiger partial charge in [-0.1, -0.05) is 44.5 Å². The van der Waals surface area contributed by atoms with Gasteiger partial charge in [-0.15, -0.1) is 0 Å². The molecule has 0 bridgehead atoms. The van der Waals surface area contributed by atoms with Crippen LogP contribution in [0.4, 0.5) is 8.78 Å². The quantitative estimate of drug-likeness (QED) is 0.770. The van der Waals surface area contributed by atoms with Gasteiger partial charge in [-0.3, -0.25) is 9.59 Å². The lowest BCUT2D eigenvalue weighted by Gasteiger charge is -2.29. The van der Waals surface area contributed by atoms with Crippen LogP contribution in [0.2, 0.25) is 5.02 Å². The summed E-state index contributed by atoms with van der Waals surface area (Å²) in [4.78, 5) is 26.1. The summed E-state index contributed by atoms with van der Waals surface area (Å²) in [6.45, 7) is 4.88. The van der Waals surface area contributed by atoms with Crippen molar-refractivity contribution in [1.29, 1.82) is 0 Å². The Morgan fingerprint density at radius 2 is 1.88 bits per heavy atom. The number of halogens is 3. The molecule has 0 aliphatic rings. The Morgan fingerprint density at radius 3 is 2.38 bits per heavy atom. The molecule has 0 radical (unpaired) electrons. The van der Waals surface area contributed by atoms with E-state index in [0.717, 1.165) is 4.90 Å². The number of nitrogens with zero attached hydrogens (tertiary/aromatic N) is 1. The van der Waals surface area contributed by atoms with Crippen LogP contribution in [0, 0.1) is 5.92 Å². The summed E-state index contributed by atoms with van der Waals surface area (Å²) in [5.74, 6) is -1.25. The molecule has 1 rings (SSSR count). The number of alkyl halides is 2. The Bertz CT molecular complexity index is 567. The van der Waals surface area contributed by atoms with Crippen LogP contribution in [-0.4, -0.2) is 42.3 Å². The lowest BCUT2D eigenvalue weighted by Crippen LogP contribution is -2.52. The zero-order valence-corrected chi connectivity index (χ0v) is 14.8. The first kappa shape index (κ1) is 20.4. The third-order valence-corrected chi connectivity index (χ3v) is 3.83. The summed E-state index contributed by atoms with van der Waals surface area (Å²) in [6, 6.07) is 5.58. The monoisotopic (exact) mass is 360 g/mol. The second-order valence-corrected chi connectivity index (χ2v) is 6.26. The van der Waals surface area contributed by atoms with Crippen LogP contribution in [0.25, 0.3) is 0 Å². The molecule has 1 N–H and O–H groups in total. The topological polar surface area (TPSA) is 49.4 Å². The highest BCUT2D eigenvalue weighted by atomic mass is 35.5. The van der Waals surface area contributed by atoms with Crippen molar-refractivity contribution in [3.63, 3.8) is 0 Å². The molecule has 0 fully saturated rings. The number of benzene rings is 1. The molecule has 24 heavy (non-hydrogen) atoms. The first-order chi connectivity index (χ1) is 11.3. The van der Waals surface area contributed by atoms with E-state index in [1.807, 2.05) is 0 Å². The van der Waals surface area contributed by atoms with Crippen molar-refractivity contribution in [2.75, 3.05) is 13.1 Å². The minimum absolute atomic E-state index is 0.217. The first-order valence-corrected chi connectivity index (χ1v) is 8.28. The molecule has 1 aromatic rings. The van der Waals surface area contributed by atoms with Gasteiger partial charge >= 0.3 is 0 Å². The number of carbonyl (C=O) groups is 2. The van der Waals surface area contributed by atoms with Gasteiger partial charge < -0.3 is 10.2 Å². The summed E-state index contributed by atoms with van der Waals surface area (Å²) < 4.78 is 25.4. The molecule has 4 nitrogen and oxygen atoms in total. The number of nitrogens with one attached hydrogen (secondary N) is 1. The van der Waals surface area contributed by atoms with E-state index in [-0.39, 0.29) is 23.0 Å². The zero-order chi connectivity index (χ0) is 18.3. The molecule has 1 atom stereocenters. The molecular weight excluding hydrogens is 338 g/mol. The maximum absolute atomic E-state index is 12.7. The molecule has 0 aliphatic heterocycles. The van der Waals surface area contributed by atoms with Gasteiger partial charge in [0.25, 0.3) is 12.3 Å². The zero-order valence-electron chi connectivity index (χ0n) is 14.1. The Balaban J connectivity index is 2.94. The van der Waals surface area contributed by atoms with Crippen molar-refractivity contribution in [2.24, 2.45) is 5.92 Å². The number of hydrogen-bond acceptors (Lipinski definition) is 2. The van der Waals surface area contributed by atoms with E-state index in [4.69, 9.17) is 11.6 Å². The van der Waals surface area contributed by atoms with Crippen LogP contribution >= 0.6 is 11.6 Å². The maximum atomic E-state index is 12.7. The fourth-order valence-corrected chi connectivity index (χ4v) is 2.52. The Hall–Kier alpha value is -1.69. The first-order valence-electron chi connectivity index (χ1n) is 7.90. The van der Waals surface area contributed by atoms with Crippen molar-refractivity contribution in [1.82, 2.24) is 10.2 Å². The summed E-state index contributed by atoms with van der Waals surface area (Å²) >= 11 is 5.99. The van der Waals surface area contributed by atoms with E-state index < -0.39 is 30.8 Å². The highest BCUT2D eigenvalue weighted by molar-refractivity contribution is 6.33. The number of carbonyl (C=O) groups excluding carboxylic acids is 2. The molecular formula is C17H23ClF2N2O2. The molecule has 1 unspecified atom stereocenters. The molecule has 134 valence electrons. The predicted molar refractivity (Wildman–Crippen MR) is 90.4 cm³/mol. The maximum Gasteiger partial charge on any atom is 0.255 e. The SMILES string of the molecule is CCCN(CC(F)F)C(=O)C(NC(=O)c1ccccc1Cl)C(C)C. The van der Waals surface area contributed by atoms with E-state index in [2.05, 4.69) is 5.32 Å². The van der Waals surface area contributed by atoms with Gasteiger partial charge in [-0.05, 0) is 24.5 Å². The van der Waals surface area contributed by atoms with E-state index >= 15 is 0 Å². The third kappa shape index (κ3) is 5.74. The van der Waals surface area contributed by atoms with Gasteiger partial charge in [0.1, 0.15) is 6.04 Å². The molecule has 0 saturated carbocycles. The molecule has 0 spiro atoms. The van der Waals surface area contributed by atoms with Crippen LogP contribution in [-0.2, 0) is 4.79 Å². The predicted octanol–water partition coefficient (Wildman–Crippen LogP) is 3.60. The molecule has 2 amide bonds. The van der Waals surface area contributed by atoms with Crippen LogP contribution < -0.4 is 5.32 Å². The van der Waals surface area contributed by atoms with Crippen molar-refractivity contribution in [3.05, 3.63) is 34.9 Å². The van der Waals surface area contributed by atoms with Crippen LogP contribution in [0.15, 0.2) is 24.3 Å². The Labute approximate surface area is 146 Å². The van der Waals surface area contributed by atoms with E-state index in [0.29, 0.717) is 6.42 Å². The summed E-state index contributed by atoms with van der Waals surface area (Å²) in [7, 11) is 0. The van der Waals surface area contributed by atoms with Gasteiger partial charge in [0.2, 0.25) is 5.91 Å². The number of rotatable bonds is 8. The average molecular weight is 361 g/mol. The van der Waals surface area contributed by atoms with E-state index in [1.54, 1.807) is 45.0 Å². The second kappa shape index (κ2) is 9.57. The summed E-state index contributed by atoms with van der Waals surface area (Å²) in [6.07, 6.45) is -2.06. The average Bonchev–Trinajstić information content (AvgIpc) is 2.51. The van der Waals surface area contributed by atoms with E-state index in [1.165, 1.54) is 0 Å². The van der Waals surface area contributed by atoms with Gasteiger partial charge in [0.15, 0.2) is 0 Å².